The molecule has 2 heterocycles. The first kappa shape index (κ1) is 9.30. The van der Waals surface area contributed by atoms with E-state index in [0.29, 0.717) is 11.8 Å². The maximum atomic E-state index is 9.20. The Morgan fingerprint density at radius 2 is 2.27 bits per heavy atom. The molecule has 1 aromatic heterocycles. The summed E-state index contributed by atoms with van der Waals surface area (Å²) in [6.45, 7) is 1.85. The Labute approximate surface area is 87.9 Å². The fourth-order valence-corrected chi connectivity index (χ4v) is 2.12. The van der Waals surface area contributed by atoms with Gasteiger partial charge in [-0.05, 0) is 12.8 Å². The predicted molar refractivity (Wildman–Crippen MR) is 52.5 cm³/mol. The minimum Gasteiger partial charge on any atom is -0.396 e. The van der Waals surface area contributed by atoms with E-state index in [1.54, 1.807) is 0 Å². The van der Waals surface area contributed by atoms with Gasteiger partial charge in [-0.15, -0.1) is 0 Å². The van der Waals surface area contributed by atoms with Crippen molar-refractivity contribution in [3.05, 3.63) is 11.7 Å². The maximum absolute atomic E-state index is 9.20. The molecule has 0 radical (unpaired) electrons. The molecule has 1 saturated heterocycles. The number of rotatable bonds is 3. The van der Waals surface area contributed by atoms with E-state index in [4.69, 9.17) is 4.52 Å². The number of aliphatic hydroxyl groups excluding tert-OH is 1. The van der Waals surface area contributed by atoms with Crippen molar-refractivity contribution in [2.45, 2.75) is 24.7 Å². The third kappa shape index (κ3) is 1.66. The van der Waals surface area contributed by atoms with E-state index in [1.807, 2.05) is 0 Å². The van der Waals surface area contributed by atoms with Crippen LogP contribution in [0.15, 0.2) is 4.52 Å². The molecule has 2 aliphatic rings. The summed E-state index contributed by atoms with van der Waals surface area (Å²) in [7, 11) is 0. The molecule has 1 aliphatic heterocycles. The minimum atomic E-state index is 0.179. The van der Waals surface area contributed by atoms with Crippen LogP contribution in [0.25, 0.3) is 0 Å². The number of nitrogens with zero attached hydrogens (tertiary/aromatic N) is 2. The Kier molecular flexibility index (Phi) is 2.21. The fourth-order valence-electron chi connectivity index (χ4n) is 2.12. The molecule has 0 unspecified atom stereocenters. The first-order valence-electron chi connectivity index (χ1n) is 5.53. The van der Waals surface area contributed by atoms with Crippen molar-refractivity contribution in [3.8, 4) is 0 Å². The summed E-state index contributed by atoms with van der Waals surface area (Å²) in [4.78, 5) is 4.42. The SMILES string of the molecule is OC[C@@H]1CNC[C@H]1c1nc(C2CC2)no1. The van der Waals surface area contributed by atoms with Gasteiger partial charge in [0.1, 0.15) is 0 Å². The third-order valence-electron chi connectivity index (χ3n) is 3.29. The maximum Gasteiger partial charge on any atom is 0.231 e. The van der Waals surface area contributed by atoms with Crippen LogP contribution in [0.2, 0.25) is 0 Å². The van der Waals surface area contributed by atoms with Crippen LogP contribution in [-0.2, 0) is 0 Å². The van der Waals surface area contributed by atoms with E-state index in [0.717, 1.165) is 18.9 Å². The van der Waals surface area contributed by atoms with Crippen LogP contribution < -0.4 is 5.32 Å². The molecule has 1 aliphatic carbocycles. The molecule has 5 nitrogen and oxygen atoms in total. The van der Waals surface area contributed by atoms with E-state index < -0.39 is 0 Å². The van der Waals surface area contributed by atoms with Crippen LogP contribution in [-0.4, -0.2) is 34.9 Å². The zero-order chi connectivity index (χ0) is 10.3. The Bertz CT molecular complexity index is 348. The monoisotopic (exact) mass is 209 g/mol. The summed E-state index contributed by atoms with van der Waals surface area (Å²) in [5.74, 6) is 2.49. The second kappa shape index (κ2) is 3.57. The summed E-state index contributed by atoms with van der Waals surface area (Å²) in [6, 6.07) is 0. The molecule has 5 heteroatoms. The topological polar surface area (TPSA) is 71.2 Å². The molecule has 0 bridgehead atoms. The molecule has 15 heavy (non-hydrogen) atoms. The van der Waals surface area contributed by atoms with Gasteiger partial charge in [0.2, 0.25) is 5.89 Å². The van der Waals surface area contributed by atoms with Crippen molar-refractivity contribution < 1.29 is 9.63 Å². The first-order chi connectivity index (χ1) is 7.38. The van der Waals surface area contributed by atoms with Gasteiger partial charge in [0.25, 0.3) is 0 Å². The number of nitrogens with one attached hydrogen (secondary N) is 1. The second-order valence-electron chi connectivity index (χ2n) is 4.47. The lowest BCUT2D eigenvalue weighted by molar-refractivity contribution is 0.211. The van der Waals surface area contributed by atoms with E-state index in [2.05, 4.69) is 15.5 Å². The lowest BCUT2D eigenvalue weighted by Gasteiger charge is -2.10. The molecular formula is C10H15N3O2. The number of hydrogen-bond donors (Lipinski definition) is 2. The van der Waals surface area contributed by atoms with E-state index >= 15 is 0 Å². The molecule has 2 fully saturated rings. The van der Waals surface area contributed by atoms with E-state index in [9.17, 15) is 5.11 Å². The van der Waals surface area contributed by atoms with Crippen LogP contribution in [0.1, 0.15) is 36.4 Å². The standard InChI is InChI=1S/C10H15N3O2/c14-5-7-3-11-4-8(7)10-12-9(13-15-10)6-1-2-6/h6-8,11,14H,1-5H2/t7-,8+/m0/s1. The van der Waals surface area contributed by atoms with E-state index in [-0.39, 0.29) is 18.4 Å². The number of aliphatic hydroxyl groups is 1. The van der Waals surface area contributed by atoms with Gasteiger partial charge in [-0.3, -0.25) is 0 Å². The van der Waals surface area contributed by atoms with Crippen LogP contribution in [0, 0.1) is 5.92 Å². The highest BCUT2D eigenvalue weighted by atomic mass is 16.5. The number of hydrogen-bond acceptors (Lipinski definition) is 5. The van der Waals surface area contributed by atoms with Crippen molar-refractivity contribution >= 4 is 0 Å². The molecule has 1 aromatic rings. The van der Waals surface area contributed by atoms with E-state index in [1.165, 1.54) is 12.8 Å². The molecule has 0 amide bonds. The van der Waals surface area contributed by atoms with Crippen LogP contribution in [0.3, 0.4) is 0 Å². The summed E-state index contributed by atoms with van der Waals surface area (Å²) in [5.41, 5.74) is 0. The average molecular weight is 209 g/mol. The average Bonchev–Trinajstić information content (AvgIpc) is 2.83. The largest absolute Gasteiger partial charge is 0.396 e. The highest BCUT2D eigenvalue weighted by Crippen LogP contribution is 2.39. The van der Waals surface area contributed by atoms with Gasteiger partial charge in [-0.1, -0.05) is 5.16 Å². The summed E-state index contributed by atoms with van der Waals surface area (Å²) < 4.78 is 5.27. The molecule has 2 atom stereocenters. The van der Waals surface area contributed by atoms with Crippen LogP contribution in [0.5, 0.6) is 0 Å². The Balaban J connectivity index is 1.78. The minimum absolute atomic E-state index is 0.179. The quantitative estimate of drug-likeness (QED) is 0.746. The van der Waals surface area contributed by atoms with Gasteiger partial charge < -0.3 is 14.9 Å². The lowest BCUT2D eigenvalue weighted by atomic mass is 9.97. The van der Waals surface area contributed by atoms with Gasteiger partial charge in [-0.25, -0.2) is 0 Å². The normalized spacial score (nSPS) is 31.0. The highest BCUT2D eigenvalue weighted by molar-refractivity contribution is 5.07. The van der Waals surface area contributed by atoms with Crippen LogP contribution in [0.4, 0.5) is 0 Å². The molecular weight excluding hydrogens is 194 g/mol. The zero-order valence-corrected chi connectivity index (χ0v) is 8.52. The predicted octanol–water partition coefficient (Wildman–Crippen LogP) is 0.242. The molecule has 0 aromatic carbocycles. The third-order valence-corrected chi connectivity index (χ3v) is 3.29. The van der Waals surface area contributed by atoms with Crippen molar-refractivity contribution in [1.82, 2.24) is 15.5 Å². The summed E-state index contributed by atoms with van der Waals surface area (Å²) >= 11 is 0. The van der Waals surface area contributed by atoms with Gasteiger partial charge in [0.05, 0.1) is 5.92 Å². The Morgan fingerprint density at radius 1 is 1.40 bits per heavy atom. The summed E-state index contributed by atoms with van der Waals surface area (Å²) in [6.07, 6.45) is 2.37. The van der Waals surface area contributed by atoms with Gasteiger partial charge in [-0.2, -0.15) is 4.98 Å². The highest BCUT2D eigenvalue weighted by Gasteiger charge is 2.34. The number of aromatic nitrogens is 2. The molecule has 1 saturated carbocycles. The van der Waals surface area contributed by atoms with Crippen molar-refractivity contribution in [1.29, 1.82) is 0 Å². The second-order valence-corrected chi connectivity index (χ2v) is 4.47. The smallest absolute Gasteiger partial charge is 0.231 e. The molecule has 3 rings (SSSR count). The Morgan fingerprint density at radius 3 is 3.00 bits per heavy atom. The lowest BCUT2D eigenvalue weighted by Crippen LogP contribution is -2.15. The Hall–Kier alpha value is -0.940. The fraction of sp³-hybridized carbons (Fsp3) is 0.800. The molecule has 82 valence electrons. The van der Waals surface area contributed by atoms with Crippen molar-refractivity contribution in [2.24, 2.45) is 5.92 Å². The van der Waals surface area contributed by atoms with Crippen molar-refractivity contribution in [2.75, 3.05) is 19.7 Å². The van der Waals surface area contributed by atoms with Crippen molar-refractivity contribution in [3.63, 3.8) is 0 Å². The van der Waals surface area contributed by atoms with Gasteiger partial charge in [0.15, 0.2) is 5.82 Å². The zero-order valence-electron chi connectivity index (χ0n) is 8.52. The molecule has 0 spiro atoms. The molecule has 2 N–H and O–H groups in total. The van der Waals surface area contributed by atoms with Gasteiger partial charge in [0, 0.05) is 31.5 Å². The van der Waals surface area contributed by atoms with Crippen LogP contribution >= 0.6 is 0 Å². The summed E-state index contributed by atoms with van der Waals surface area (Å²) in [5, 5.41) is 16.4. The van der Waals surface area contributed by atoms with Gasteiger partial charge >= 0.3 is 0 Å². The first-order valence-corrected chi connectivity index (χ1v) is 5.53.